The number of hydrogen-bond acceptors (Lipinski definition) is 0. The van der Waals surface area contributed by atoms with Gasteiger partial charge in [-0.2, -0.15) is 0 Å². The summed E-state index contributed by atoms with van der Waals surface area (Å²) in [4.78, 5) is 0. The molecule has 0 atom stereocenters. The highest BCUT2D eigenvalue weighted by Gasteiger charge is 2.25. The molecule has 0 unspecified atom stereocenters. The summed E-state index contributed by atoms with van der Waals surface area (Å²) in [6.07, 6.45) is 0. The van der Waals surface area contributed by atoms with Gasteiger partial charge in [0.25, 0.3) is 0 Å². The fraction of sp³-hybridized carbons (Fsp3) is 0. The summed E-state index contributed by atoms with van der Waals surface area (Å²) in [5.41, 5.74) is 38.6. The largest absolute Gasteiger partial charge is 0.309 e. The van der Waals surface area contributed by atoms with E-state index in [0.29, 0.717) is 0 Å². The van der Waals surface area contributed by atoms with Crippen LogP contribution in [0.5, 0.6) is 0 Å². The Balaban J connectivity index is 0.000000107. The number of nitrogens with zero attached hydrogens (tertiary/aromatic N) is 6. The Bertz CT molecular complexity index is 9290. The Labute approximate surface area is 798 Å². The van der Waals surface area contributed by atoms with Gasteiger partial charge < -0.3 is 27.4 Å². The van der Waals surface area contributed by atoms with Gasteiger partial charge in [-0.1, -0.05) is 394 Å². The van der Waals surface area contributed by atoms with Crippen molar-refractivity contribution in [2.24, 2.45) is 0 Å². The van der Waals surface area contributed by atoms with Crippen molar-refractivity contribution < 1.29 is 0 Å². The van der Waals surface area contributed by atoms with Crippen molar-refractivity contribution in [3.63, 3.8) is 0 Å². The molecule has 138 heavy (non-hydrogen) atoms. The lowest BCUT2D eigenvalue weighted by Crippen LogP contribution is -1.95. The minimum Gasteiger partial charge on any atom is -0.309 e. The molecule has 0 aliphatic carbocycles. The zero-order chi connectivity index (χ0) is 91.1. The maximum Gasteiger partial charge on any atom is 0.0641 e. The zero-order valence-corrected chi connectivity index (χ0v) is 75.5. The molecule has 0 N–H and O–H groups in total. The number of aromatic nitrogens is 6. The molecule has 0 aliphatic rings. The van der Waals surface area contributed by atoms with Gasteiger partial charge in [-0.25, -0.2) is 0 Å². The predicted octanol–water partition coefficient (Wildman–Crippen LogP) is 35.3. The summed E-state index contributed by atoms with van der Waals surface area (Å²) in [6.45, 7) is 0. The quantitative estimate of drug-likeness (QED) is 0.110. The van der Waals surface area contributed by atoms with Crippen LogP contribution in [-0.4, -0.2) is 27.4 Å². The van der Waals surface area contributed by atoms with Crippen molar-refractivity contribution in [2.75, 3.05) is 0 Å². The molecule has 6 nitrogen and oxygen atoms in total. The normalized spacial score (nSPS) is 11.6. The van der Waals surface area contributed by atoms with E-state index in [1.54, 1.807) is 0 Å². The summed E-state index contributed by atoms with van der Waals surface area (Å²) in [5, 5.41) is 15.1. The van der Waals surface area contributed by atoms with E-state index in [0.717, 1.165) is 34.1 Å². The van der Waals surface area contributed by atoms with E-state index in [-0.39, 0.29) is 0 Å². The van der Waals surface area contributed by atoms with Crippen molar-refractivity contribution in [1.29, 1.82) is 0 Å². The topological polar surface area (TPSA) is 29.6 Å². The van der Waals surface area contributed by atoms with Gasteiger partial charge in [0.1, 0.15) is 0 Å². The van der Waals surface area contributed by atoms with E-state index in [2.05, 4.69) is 561 Å². The van der Waals surface area contributed by atoms with E-state index < -0.39 is 0 Å². The molecule has 28 rings (SSSR count). The Kier molecular flexibility index (Phi) is 19.9. The van der Waals surface area contributed by atoms with E-state index >= 15 is 0 Å². The molecule has 6 aromatic heterocycles. The van der Waals surface area contributed by atoms with Crippen LogP contribution in [0.25, 0.3) is 243 Å². The number of para-hydroxylation sites is 6. The van der Waals surface area contributed by atoms with E-state index in [9.17, 15) is 0 Å². The average molecular weight is 1760 g/mol. The molecule has 0 fully saturated rings. The third-order valence-corrected chi connectivity index (χ3v) is 28.0. The van der Waals surface area contributed by atoms with E-state index in [4.69, 9.17) is 0 Å². The predicted molar refractivity (Wildman–Crippen MR) is 583 cm³/mol. The number of rotatable bonds is 13. The molecule has 6 heteroatoms. The minimum atomic E-state index is 1.15. The highest BCUT2D eigenvalue weighted by molar-refractivity contribution is 6.27. The lowest BCUT2D eigenvalue weighted by atomic mass is 10.00. The van der Waals surface area contributed by atoms with Gasteiger partial charge in [0, 0.05) is 98.8 Å². The van der Waals surface area contributed by atoms with Gasteiger partial charge in [-0.3, -0.25) is 0 Å². The molecule has 0 amide bonds. The van der Waals surface area contributed by atoms with Crippen LogP contribution in [0.2, 0.25) is 0 Å². The maximum absolute atomic E-state index is 2.46. The molecular formula is C132H88N6. The number of benzene rings is 22. The van der Waals surface area contributed by atoms with Crippen molar-refractivity contribution in [3.8, 4) is 112 Å². The molecule has 0 saturated heterocycles. The van der Waals surface area contributed by atoms with Gasteiger partial charge >= 0.3 is 0 Å². The van der Waals surface area contributed by atoms with Gasteiger partial charge in [-0.05, 0) is 217 Å². The Hall–Kier alpha value is -18.4. The van der Waals surface area contributed by atoms with Crippen LogP contribution in [-0.2, 0) is 0 Å². The molecule has 646 valence electrons. The molecule has 0 spiro atoms. The molecular weight excluding hydrogens is 1670 g/mol. The number of hydrogen-bond donors (Lipinski definition) is 0. The second-order valence-corrected chi connectivity index (χ2v) is 35.8. The monoisotopic (exact) mass is 1760 g/mol. The van der Waals surface area contributed by atoms with Gasteiger partial charge in [0.15, 0.2) is 0 Å². The second-order valence-electron chi connectivity index (χ2n) is 35.8. The smallest absolute Gasteiger partial charge is 0.0641 e. The molecule has 28 aromatic rings. The van der Waals surface area contributed by atoms with Crippen molar-refractivity contribution in [1.82, 2.24) is 27.4 Å². The average Bonchev–Trinajstić information content (AvgIpc) is 1.56. The first-order valence-corrected chi connectivity index (χ1v) is 47.4. The Morgan fingerprint density at radius 1 is 0.0942 bits per heavy atom. The standard InChI is InChI=1S/C48H32N2.2C42H28N2/c1-3-12-33(13-4-1)35-22-24-37(25-23-35)38-16-11-17-40(30-38)50-46-21-10-8-19-42(46)44-31-47-43(32-48(44)50)41-18-7-9-20-45(41)49(47)39-28-26-36(27-29-39)34-14-5-2-6-15-34;1-3-11-29(12-4-1)31-19-23-33(24-20-31)43-39-17-9-7-15-35(39)37-28-42-38(27-41(37)43)36-16-8-10-18-40(36)44(42)34-25-21-32(22-26-34)30-13-5-2-6-14-30;1-3-11-29(12-4-1)31-19-23-33(24-20-31)43-39-18-10-8-16-37(39)41-40(43)28-27-36-35-15-7-9-17-38(35)44(42(36)41)34-25-21-32(22-26-34)30-13-5-2-6-14-30/h1-32H;2*1-28H. The maximum atomic E-state index is 2.46. The van der Waals surface area contributed by atoms with Crippen LogP contribution < -0.4 is 0 Å². The Morgan fingerprint density at radius 2 is 0.297 bits per heavy atom. The van der Waals surface area contributed by atoms with E-state index in [1.807, 2.05) is 0 Å². The fourth-order valence-electron chi connectivity index (χ4n) is 21.5. The number of fused-ring (bicyclic) bond motifs is 19. The van der Waals surface area contributed by atoms with Crippen LogP contribution in [0.1, 0.15) is 0 Å². The van der Waals surface area contributed by atoms with Gasteiger partial charge in [-0.15, -0.1) is 0 Å². The first kappa shape index (κ1) is 80.5. The first-order valence-electron chi connectivity index (χ1n) is 47.4. The zero-order valence-electron chi connectivity index (χ0n) is 75.5. The highest BCUT2D eigenvalue weighted by Crippen LogP contribution is 2.47. The molecule has 22 aromatic carbocycles. The van der Waals surface area contributed by atoms with Crippen molar-refractivity contribution in [3.05, 3.63) is 534 Å². The van der Waals surface area contributed by atoms with Crippen LogP contribution in [0.15, 0.2) is 534 Å². The van der Waals surface area contributed by atoms with Gasteiger partial charge in [0.2, 0.25) is 0 Å². The van der Waals surface area contributed by atoms with Gasteiger partial charge in [0.05, 0.1) is 66.2 Å². The summed E-state index contributed by atoms with van der Waals surface area (Å²) in [5.74, 6) is 0. The summed E-state index contributed by atoms with van der Waals surface area (Å²) >= 11 is 0. The van der Waals surface area contributed by atoms with Crippen LogP contribution in [0.3, 0.4) is 0 Å². The molecule has 0 saturated carbocycles. The lowest BCUT2D eigenvalue weighted by Gasteiger charge is -2.12. The van der Waals surface area contributed by atoms with Crippen molar-refractivity contribution in [2.45, 2.75) is 0 Å². The second kappa shape index (κ2) is 34.0. The lowest BCUT2D eigenvalue weighted by molar-refractivity contribution is 1.17. The molecule has 0 bridgehead atoms. The molecule has 0 aliphatic heterocycles. The molecule has 0 radical (unpaired) electrons. The van der Waals surface area contributed by atoms with Crippen LogP contribution >= 0.6 is 0 Å². The summed E-state index contributed by atoms with van der Waals surface area (Å²) in [7, 11) is 0. The summed E-state index contributed by atoms with van der Waals surface area (Å²) in [6, 6.07) is 193. The van der Waals surface area contributed by atoms with Crippen LogP contribution in [0.4, 0.5) is 0 Å². The fourth-order valence-corrected chi connectivity index (χ4v) is 21.5. The third kappa shape index (κ3) is 14.0. The van der Waals surface area contributed by atoms with Crippen LogP contribution in [0, 0.1) is 0 Å². The highest BCUT2D eigenvalue weighted by atomic mass is 15.0. The Morgan fingerprint density at radius 3 is 0.594 bits per heavy atom. The SMILES string of the molecule is c1ccc(-c2ccc(-c3cccc(-n4c5ccccc5c5cc6c(cc54)c4ccccc4n6-c4ccc(-c5ccccc5)cc4)c3)cc2)cc1.c1ccc(-c2ccc(-n3c4ccccc4c4c3ccc3c5ccccc5n(-c5ccc(-c6ccccc6)cc5)c34)cc2)cc1.c1ccc(-c2ccc(-n3c4ccccc4c4cc5c(cc43)c3ccccc3n5-c3ccc(-c4ccccc4)cc3)cc2)cc1. The minimum absolute atomic E-state index is 1.15. The third-order valence-electron chi connectivity index (χ3n) is 28.0. The van der Waals surface area contributed by atoms with Crippen molar-refractivity contribution >= 4 is 131 Å². The first-order chi connectivity index (χ1) is 68.5. The van der Waals surface area contributed by atoms with E-state index in [1.165, 1.54) is 209 Å². The molecule has 6 heterocycles. The summed E-state index contributed by atoms with van der Waals surface area (Å²) < 4.78 is 14.6.